The highest BCUT2D eigenvalue weighted by Crippen LogP contribution is 2.24. The van der Waals surface area contributed by atoms with E-state index in [1.165, 1.54) is 4.88 Å². The molecule has 2 heterocycles. The predicted molar refractivity (Wildman–Crippen MR) is 56.6 cm³/mol. The molecular formula is C11H12O2S. The molecule has 0 saturated carbocycles. The monoisotopic (exact) mass is 208 g/mol. The number of furan rings is 1. The molecule has 2 nitrogen and oxygen atoms in total. The molecule has 74 valence electrons. The molecule has 2 aromatic rings. The first-order valence-corrected chi connectivity index (χ1v) is 5.44. The van der Waals surface area contributed by atoms with Crippen molar-refractivity contribution in [3.8, 4) is 0 Å². The number of hydrogen-bond donors (Lipinski definition) is 1. The molecule has 0 aliphatic heterocycles. The molecule has 1 N–H and O–H groups in total. The van der Waals surface area contributed by atoms with E-state index in [2.05, 4.69) is 6.07 Å². The van der Waals surface area contributed by atoms with Crippen molar-refractivity contribution in [3.63, 3.8) is 0 Å². The molecule has 0 saturated heterocycles. The fourth-order valence-electron chi connectivity index (χ4n) is 1.45. The number of hydrogen-bond acceptors (Lipinski definition) is 3. The summed E-state index contributed by atoms with van der Waals surface area (Å²) >= 11 is 1.68. The van der Waals surface area contributed by atoms with Crippen LogP contribution >= 0.6 is 11.3 Å². The topological polar surface area (TPSA) is 33.4 Å². The van der Waals surface area contributed by atoms with Crippen LogP contribution in [0.3, 0.4) is 0 Å². The van der Waals surface area contributed by atoms with Crippen LogP contribution < -0.4 is 0 Å². The van der Waals surface area contributed by atoms with E-state index in [-0.39, 0.29) is 12.5 Å². The van der Waals surface area contributed by atoms with Crippen LogP contribution in [-0.4, -0.2) is 11.7 Å². The minimum absolute atomic E-state index is 0.168. The maximum atomic E-state index is 9.26. The highest BCUT2D eigenvalue weighted by atomic mass is 32.1. The highest BCUT2D eigenvalue weighted by Gasteiger charge is 2.13. The molecule has 0 fully saturated rings. The Kier molecular flexibility index (Phi) is 3.01. The van der Waals surface area contributed by atoms with Gasteiger partial charge in [-0.1, -0.05) is 6.07 Å². The molecule has 2 aromatic heterocycles. The number of aliphatic hydroxyl groups excluding tert-OH is 1. The van der Waals surface area contributed by atoms with E-state index in [1.54, 1.807) is 17.6 Å². The molecule has 3 heteroatoms. The zero-order valence-corrected chi connectivity index (χ0v) is 8.54. The molecule has 1 atom stereocenters. The molecule has 14 heavy (non-hydrogen) atoms. The Balaban J connectivity index is 2.08. The van der Waals surface area contributed by atoms with Gasteiger partial charge in [-0.3, -0.25) is 0 Å². The van der Waals surface area contributed by atoms with Gasteiger partial charge in [0.25, 0.3) is 0 Å². The minimum Gasteiger partial charge on any atom is -0.469 e. The van der Waals surface area contributed by atoms with Crippen LogP contribution in [-0.2, 0) is 6.42 Å². The van der Waals surface area contributed by atoms with Gasteiger partial charge in [-0.2, -0.15) is 0 Å². The van der Waals surface area contributed by atoms with E-state index < -0.39 is 0 Å². The fraction of sp³-hybridized carbons (Fsp3) is 0.273. The van der Waals surface area contributed by atoms with Crippen molar-refractivity contribution in [3.05, 3.63) is 46.5 Å². The van der Waals surface area contributed by atoms with Crippen molar-refractivity contribution < 1.29 is 9.52 Å². The van der Waals surface area contributed by atoms with Crippen LogP contribution in [0.15, 0.2) is 40.3 Å². The normalized spacial score (nSPS) is 12.9. The van der Waals surface area contributed by atoms with Gasteiger partial charge in [0.2, 0.25) is 0 Å². The van der Waals surface area contributed by atoms with Crippen molar-refractivity contribution in [1.29, 1.82) is 0 Å². The lowest BCUT2D eigenvalue weighted by molar-refractivity contribution is 0.261. The van der Waals surface area contributed by atoms with Gasteiger partial charge >= 0.3 is 0 Å². The third-order valence-electron chi connectivity index (χ3n) is 2.19. The third-order valence-corrected chi connectivity index (χ3v) is 3.23. The fourth-order valence-corrected chi connectivity index (χ4v) is 2.27. The Labute approximate surface area is 86.8 Å². The van der Waals surface area contributed by atoms with Crippen LogP contribution in [0.2, 0.25) is 0 Å². The lowest BCUT2D eigenvalue weighted by Crippen LogP contribution is -2.05. The molecule has 1 unspecified atom stereocenters. The van der Waals surface area contributed by atoms with E-state index in [4.69, 9.17) is 4.42 Å². The summed E-state index contributed by atoms with van der Waals surface area (Å²) in [7, 11) is 0. The van der Waals surface area contributed by atoms with Crippen molar-refractivity contribution in [1.82, 2.24) is 0 Å². The molecular weight excluding hydrogens is 196 g/mol. The van der Waals surface area contributed by atoms with Gasteiger partial charge in [-0.05, 0) is 23.6 Å². The van der Waals surface area contributed by atoms with Gasteiger partial charge in [0.05, 0.1) is 12.9 Å². The average molecular weight is 208 g/mol. The number of thiophene rings is 1. The second-order valence-corrected chi connectivity index (χ2v) is 4.16. The molecule has 0 amide bonds. The molecule has 0 bridgehead atoms. The van der Waals surface area contributed by atoms with Gasteiger partial charge in [-0.25, -0.2) is 0 Å². The smallest absolute Gasteiger partial charge is 0.104 e. The summed E-state index contributed by atoms with van der Waals surface area (Å²) < 4.78 is 5.26. The minimum atomic E-state index is 0.168. The van der Waals surface area contributed by atoms with E-state index in [0.29, 0.717) is 0 Å². The Morgan fingerprint density at radius 3 is 2.86 bits per heavy atom. The van der Waals surface area contributed by atoms with Crippen molar-refractivity contribution in [2.75, 3.05) is 6.61 Å². The molecule has 0 spiro atoms. The van der Waals surface area contributed by atoms with Crippen LogP contribution in [0.5, 0.6) is 0 Å². The Bertz CT molecular complexity index is 351. The average Bonchev–Trinajstić information content (AvgIpc) is 2.86. The van der Waals surface area contributed by atoms with Gasteiger partial charge in [-0.15, -0.1) is 11.3 Å². The van der Waals surface area contributed by atoms with Crippen molar-refractivity contribution in [2.45, 2.75) is 12.3 Å². The zero-order valence-electron chi connectivity index (χ0n) is 7.72. The summed E-state index contributed by atoms with van der Waals surface area (Å²) in [4.78, 5) is 1.21. The van der Waals surface area contributed by atoms with E-state index >= 15 is 0 Å². The van der Waals surface area contributed by atoms with Crippen molar-refractivity contribution in [2.24, 2.45) is 0 Å². The Hall–Kier alpha value is -1.06. The third kappa shape index (κ3) is 2.05. The molecule has 0 aromatic carbocycles. The van der Waals surface area contributed by atoms with Crippen LogP contribution in [0.1, 0.15) is 16.6 Å². The summed E-state index contributed by atoms with van der Waals surface area (Å²) in [5.74, 6) is 1.10. The lowest BCUT2D eigenvalue weighted by atomic mass is 10.0. The summed E-state index contributed by atoms with van der Waals surface area (Å²) in [5.41, 5.74) is 0. The van der Waals surface area contributed by atoms with Gasteiger partial charge < -0.3 is 9.52 Å². The van der Waals surface area contributed by atoms with Crippen molar-refractivity contribution >= 4 is 11.3 Å². The van der Waals surface area contributed by atoms with Gasteiger partial charge in [0.1, 0.15) is 5.76 Å². The first-order chi connectivity index (χ1) is 6.90. The summed E-state index contributed by atoms with van der Waals surface area (Å²) in [6, 6.07) is 7.87. The summed E-state index contributed by atoms with van der Waals surface area (Å²) in [5, 5.41) is 11.3. The molecule has 0 aliphatic carbocycles. The van der Waals surface area contributed by atoms with Gasteiger partial charge in [0, 0.05) is 17.2 Å². The maximum absolute atomic E-state index is 9.26. The second-order valence-electron chi connectivity index (χ2n) is 3.18. The van der Waals surface area contributed by atoms with Crippen LogP contribution in [0.25, 0.3) is 0 Å². The van der Waals surface area contributed by atoms with Crippen LogP contribution in [0.4, 0.5) is 0 Å². The number of aliphatic hydroxyl groups is 1. The highest BCUT2D eigenvalue weighted by molar-refractivity contribution is 7.10. The first kappa shape index (κ1) is 9.49. The quantitative estimate of drug-likeness (QED) is 0.838. The maximum Gasteiger partial charge on any atom is 0.104 e. The molecule has 2 rings (SSSR count). The van der Waals surface area contributed by atoms with E-state index in [0.717, 1.165) is 12.2 Å². The van der Waals surface area contributed by atoms with Gasteiger partial charge in [0.15, 0.2) is 0 Å². The largest absolute Gasteiger partial charge is 0.469 e. The van der Waals surface area contributed by atoms with Crippen LogP contribution in [0, 0.1) is 0 Å². The standard InChI is InChI=1S/C11H12O2S/c12-8-9(11-4-2-6-14-11)7-10-3-1-5-13-10/h1-6,9,12H,7-8H2. The second kappa shape index (κ2) is 4.44. The summed E-state index contributed by atoms with van der Waals surface area (Å²) in [6.07, 6.45) is 2.43. The lowest BCUT2D eigenvalue weighted by Gasteiger charge is -2.09. The zero-order chi connectivity index (χ0) is 9.80. The van der Waals surface area contributed by atoms with E-state index in [9.17, 15) is 5.11 Å². The number of rotatable bonds is 4. The first-order valence-electron chi connectivity index (χ1n) is 4.57. The van der Waals surface area contributed by atoms with E-state index in [1.807, 2.05) is 23.6 Å². The molecule has 0 aliphatic rings. The SMILES string of the molecule is OCC(Cc1ccco1)c1cccs1. The summed E-state index contributed by atoms with van der Waals surface area (Å²) in [6.45, 7) is 0.168. The predicted octanol–water partition coefficient (Wildman–Crippen LogP) is 2.66. The Morgan fingerprint density at radius 2 is 2.29 bits per heavy atom. The molecule has 0 radical (unpaired) electrons. The Morgan fingerprint density at radius 1 is 1.36 bits per heavy atom.